The van der Waals surface area contributed by atoms with E-state index in [1.807, 2.05) is 29.2 Å². The first-order valence-electron chi connectivity index (χ1n) is 12.9. The van der Waals surface area contributed by atoms with Crippen LogP contribution in [0.1, 0.15) is 41.3 Å². The minimum atomic E-state index is 0.0600. The number of carbonyl (C=O) groups is 1. The van der Waals surface area contributed by atoms with Crippen molar-refractivity contribution in [3.8, 4) is 11.6 Å². The van der Waals surface area contributed by atoms with Crippen molar-refractivity contribution >= 4 is 17.4 Å². The van der Waals surface area contributed by atoms with Crippen molar-refractivity contribution < 1.29 is 9.53 Å². The van der Waals surface area contributed by atoms with E-state index in [0.29, 0.717) is 30.3 Å². The predicted molar refractivity (Wildman–Crippen MR) is 143 cm³/mol. The van der Waals surface area contributed by atoms with Crippen LogP contribution in [0.3, 0.4) is 0 Å². The molecule has 0 radical (unpaired) electrons. The van der Waals surface area contributed by atoms with Gasteiger partial charge in [0.25, 0.3) is 11.8 Å². The van der Waals surface area contributed by atoms with Crippen molar-refractivity contribution in [1.82, 2.24) is 14.9 Å². The smallest absolute Gasteiger partial charge is 0.263 e. The summed E-state index contributed by atoms with van der Waals surface area (Å²) in [4.78, 5) is 28.7. The van der Waals surface area contributed by atoms with Crippen molar-refractivity contribution in [1.29, 1.82) is 0 Å². The summed E-state index contributed by atoms with van der Waals surface area (Å²) >= 11 is 0. The first-order valence-corrected chi connectivity index (χ1v) is 12.9. The van der Waals surface area contributed by atoms with Gasteiger partial charge in [0.15, 0.2) is 5.82 Å². The van der Waals surface area contributed by atoms with Gasteiger partial charge in [0.05, 0.1) is 0 Å². The molecular formula is C29H35N5O2. The van der Waals surface area contributed by atoms with Gasteiger partial charge in [-0.1, -0.05) is 19.1 Å². The van der Waals surface area contributed by atoms with Gasteiger partial charge in [-0.25, -0.2) is 9.97 Å². The van der Waals surface area contributed by atoms with E-state index in [9.17, 15) is 4.79 Å². The van der Waals surface area contributed by atoms with Crippen LogP contribution in [0.4, 0.5) is 11.5 Å². The number of anilines is 2. The van der Waals surface area contributed by atoms with Gasteiger partial charge < -0.3 is 19.4 Å². The van der Waals surface area contributed by atoms with E-state index in [1.165, 1.54) is 16.8 Å². The molecule has 0 atom stereocenters. The second-order valence-electron chi connectivity index (χ2n) is 9.98. The van der Waals surface area contributed by atoms with E-state index in [1.54, 1.807) is 12.4 Å². The van der Waals surface area contributed by atoms with Gasteiger partial charge >= 0.3 is 0 Å². The number of aryl methyl sites for hydroxylation is 1. The number of ether oxygens (including phenoxy) is 1. The fraction of sp³-hybridized carbons (Fsp3) is 0.414. The average Bonchev–Trinajstić information content (AvgIpc) is 2.91. The first-order chi connectivity index (χ1) is 17.5. The Morgan fingerprint density at radius 3 is 2.28 bits per heavy atom. The Morgan fingerprint density at radius 1 is 0.861 bits per heavy atom. The van der Waals surface area contributed by atoms with Crippen LogP contribution >= 0.6 is 0 Å². The molecular weight excluding hydrogens is 450 g/mol. The Kier molecular flexibility index (Phi) is 7.07. The van der Waals surface area contributed by atoms with Crippen LogP contribution in [-0.2, 0) is 0 Å². The van der Waals surface area contributed by atoms with E-state index in [-0.39, 0.29) is 5.91 Å². The monoisotopic (exact) mass is 485 g/mol. The molecule has 0 aliphatic carbocycles. The normalized spacial score (nSPS) is 16.8. The van der Waals surface area contributed by atoms with Gasteiger partial charge in [0.2, 0.25) is 0 Å². The number of aromatic nitrogens is 2. The molecule has 188 valence electrons. The molecule has 5 rings (SSSR count). The number of rotatable bonds is 5. The summed E-state index contributed by atoms with van der Waals surface area (Å²) in [5.74, 6) is 2.74. The summed E-state index contributed by atoms with van der Waals surface area (Å²) in [6.45, 7) is 11.6. The highest BCUT2D eigenvalue weighted by atomic mass is 16.5. The third-order valence-electron chi connectivity index (χ3n) is 7.53. The number of piperidine rings is 1. The lowest BCUT2D eigenvalue weighted by molar-refractivity contribution is 0.0746. The molecule has 2 saturated heterocycles. The predicted octanol–water partition coefficient (Wildman–Crippen LogP) is 5.08. The Labute approximate surface area is 213 Å². The number of amides is 1. The van der Waals surface area contributed by atoms with Crippen LogP contribution in [0.15, 0.2) is 54.9 Å². The van der Waals surface area contributed by atoms with Gasteiger partial charge in [0.1, 0.15) is 5.75 Å². The average molecular weight is 486 g/mol. The van der Waals surface area contributed by atoms with E-state index < -0.39 is 0 Å². The molecule has 0 unspecified atom stereocenters. The van der Waals surface area contributed by atoms with Crippen molar-refractivity contribution in [2.24, 2.45) is 5.92 Å². The maximum atomic E-state index is 13.2. The topological polar surface area (TPSA) is 61.8 Å². The zero-order valence-electron chi connectivity index (χ0n) is 21.5. The molecule has 3 heterocycles. The second-order valence-corrected chi connectivity index (χ2v) is 9.98. The molecule has 36 heavy (non-hydrogen) atoms. The van der Waals surface area contributed by atoms with E-state index >= 15 is 0 Å². The fourth-order valence-corrected chi connectivity index (χ4v) is 5.02. The zero-order chi connectivity index (χ0) is 25.1. The molecule has 7 nitrogen and oxygen atoms in total. The molecule has 0 bridgehead atoms. The van der Waals surface area contributed by atoms with Crippen LogP contribution in [-0.4, -0.2) is 60.0 Å². The van der Waals surface area contributed by atoms with Crippen molar-refractivity contribution in [3.63, 3.8) is 0 Å². The third kappa shape index (κ3) is 5.15. The number of piperazine rings is 1. The fourth-order valence-electron chi connectivity index (χ4n) is 5.02. The molecule has 2 aliphatic heterocycles. The van der Waals surface area contributed by atoms with Crippen LogP contribution in [0.25, 0.3) is 0 Å². The largest absolute Gasteiger partial charge is 0.436 e. The van der Waals surface area contributed by atoms with Gasteiger partial charge in [-0.2, -0.15) is 0 Å². The Hall–Kier alpha value is -3.61. The molecule has 3 aromatic rings. The number of benzene rings is 2. The minimum absolute atomic E-state index is 0.0600. The van der Waals surface area contributed by atoms with Gasteiger partial charge in [0, 0.05) is 62.9 Å². The number of carbonyl (C=O) groups excluding carboxylic acids is 1. The highest BCUT2D eigenvalue weighted by Crippen LogP contribution is 2.31. The standard InChI is InChI=1S/C29H35N5O2/c1-21-11-15-33(16-12-21)27-28(31-14-13-30-27)36-25-9-7-24(8-10-25)29(35)34-19-17-32(18-20-34)26-6-4-5-22(2)23(26)3/h4-10,13-14,21H,11-12,15-20H2,1-3H3. The minimum Gasteiger partial charge on any atom is -0.436 e. The molecule has 2 aliphatic rings. The SMILES string of the molecule is Cc1cccc(N2CCN(C(=O)c3ccc(Oc4nccnc4N4CCC(C)CC4)cc3)CC2)c1C. The van der Waals surface area contributed by atoms with Crippen LogP contribution in [0, 0.1) is 19.8 Å². The Balaban J connectivity index is 1.21. The van der Waals surface area contributed by atoms with Gasteiger partial charge in [-0.3, -0.25) is 4.79 Å². The van der Waals surface area contributed by atoms with Crippen LogP contribution in [0.2, 0.25) is 0 Å². The van der Waals surface area contributed by atoms with Crippen molar-refractivity contribution in [2.45, 2.75) is 33.6 Å². The molecule has 2 aromatic carbocycles. The summed E-state index contributed by atoms with van der Waals surface area (Å²) in [5.41, 5.74) is 4.55. The quantitative estimate of drug-likeness (QED) is 0.502. The molecule has 7 heteroatoms. The van der Waals surface area contributed by atoms with E-state index in [4.69, 9.17) is 4.74 Å². The molecule has 0 N–H and O–H groups in total. The second kappa shape index (κ2) is 10.6. The zero-order valence-corrected chi connectivity index (χ0v) is 21.5. The van der Waals surface area contributed by atoms with Gasteiger partial charge in [-0.15, -0.1) is 0 Å². The van der Waals surface area contributed by atoms with E-state index in [2.05, 4.69) is 58.7 Å². The number of hydrogen-bond acceptors (Lipinski definition) is 6. The Bertz CT molecular complexity index is 1200. The van der Waals surface area contributed by atoms with Gasteiger partial charge in [-0.05, 0) is 74.1 Å². The van der Waals surface area contributed by atoms with Crippen molar-refractivity contribution in [3.05, 3.63) is 71.5 Å². The summed E-state index contributed by atoms with van der Waals surface area (Å²) in [6.07, 6.45) is 5.65. The number of nitrogens with zero attached hydrogens (tertiary/aromatic N) is 5. The maximum absolute atomic E-state index is 13.2. The van der Waals surface area contributed by atoms with Crippen LogP contribution in [0.5, 0.6) is 11.6 Å². The summed E-state index contributed by atoms with van der Waals surface area (Å²) < 4.78 is 6.11. The lowest BCUT2D eigenvalue weighted by atomic mass is 9.99. The van der Waals surface area contributed by atoms with Crippen molar-refractivity contribution in [2.75, 3.05) is 49.1 Å². The molecule has 2 fully saturated rings. The first kappa shape index (κ1) is 24.1. The molecule has 0 saturated carbocycles. The molecule has 0 spiro atoms. The molecule has 1 amide bonds. The highest BCUT2D eigenvalue weighted by Gasteiger charge is 2.24. The molecule has 1 aromatic heterocycles. The lowest BCUT2D eigenvalue weighted by Crippen LogP contribution is -2.49. The summed E-state index contributed by atoms with van der Waals surface area (Å²) in [5, 5.41) is 0. The summed E-state index contributed by atoms with van der Waals surface area (Å²) in [7, 11) is 0. The number of hydrogen-bond donors (Lipinski definition) is 0. The third-order valence-corrected chi connectivity index (χ3v) is 7.53. The lowest BCUT2D eigenvalue weighted by Gasteiger charge is -2.37. The van der Waals surface area contributed by atoms with Crippen LogP contribution < -0.4 is 14.5 Å². The summed E-state index contributed by atoms with van der Waals surface area (Å²) in [6, 6.07) is 13.8. The van der Waals surface area contributed by atoms with E-state index in [0.717, 1.165) is 50.8 Å². The maximum Gasteiger partial charge on any atom is 0.263 e. The highest BCUT2D eigenvalue weighted by molar-refractivity contribution is 5.94. The Morgan fingerprint density at radius 2 is 1.56 bits per heavy atom.